The first-order valence-corrected chi connectivity index (χ1v) is 11.0. The highest BCUT2D eigenvalue weighted by atomic mass is 19.4. The van der Waals surface area contributed by atoms with Crippen molar-refractivity contribution in [3.8, 4) is 0 Å². The Morgan fingerprint density at radius 3 is 2.53 bits per heavy atom. The minimum atomic E-state index is -4.47. The first-order chi connectivity index (χ1) is 15.0. The van der Waals surface area contributed by atoms with Gasteiger partial charge < -0.3 is 15.2 Å². The van der Waals surface area contributed by atoms with Crippen molar-refractivity contribution < 1.29 is 32.6 Å². The maximum Gasteiger partial charge on any atom is 0.432 e. The lowest BCUT2D eigenvalue weighted by Gasteiger charge is -2.31. The van der Waals surface area contributed by atoms with Crippen molar-refractivity contribution in [3.05, 3.63) is 34.6 Å². The Hall–Kier alpha value is -2.58. The molecule has 1 amide bonds. The number of allylic oxidation sites excluding steroid dienone is 3. The lowest BCUT2D eigenvalue weighted by molar-refractivity contribution is -0.146. The van der Waals surface area contributed by atoms with Crippen LogP contribution in [0.25, 0.3) is 0 Å². The van der Waals surface area contributed by atoms with Gasteiger partial charge in [-0.1, -0.05) is 18.6 Å². The average molecular weight is 454 g/mol. The van der Waals surface area contributed by atoms with Crippen molar-refractivity contribution >= 4 is 17.6 Å². The van der Waals surface area contributed by atoms with Crippen LogP contribution in [-0.2, 0) is 14.3 Å². The normalized spacial score (nSPS) is 23.3. The number of carbonyl (C=O) groups is 2. The van der Waals surface area contributed by atoms with Crippen LogP contribution in [0.4, 0.5) is 13.2 Å². The molecule has 2 unspecified atom stereocenters. The fourth-order valence-corrected chi connectivity index (χ4v) is 4.14. The van der Waals surface area contributed by atoms with Gasteiger partial charge in [0.2, 0.25) is 0 Å². The van der Waals surface area contributed by atoms with Crippen molar-refractivity contribution in [2.75, 3.05) is 13.2 Å². The monoisotopic (exact) mass is 454 g/mol. The van der Waals surface area contributed by atoms with Gasteiger partial charge in [-0.05, 0) is 63.5 Å². The molecule has 32 heavy (non-hydrogen) atoms. The summed E-state index contributed by atoms with van der Waals surface area (Å²) in [6.45, 7) is 3.20. The number of aliphatic imine (C=N–C) groups is 1. The quantitative estimate of drug-likeness (QED) is 0.594. The Balaban J connectivity index is 1.81. The number of aliphatic carboxylic acids is 1. The third-order valence-electron chi connectivity index (χ3n) is 6.40. The first-order valence-electron chi connectivity index (χ1n) is 11.0. The summed E-state index contributed by atoms with van der Waals surface area (Å²) >= 11 is 0. The molecule has 6 nitrogen and oxygen atoms in total. The fraction of sp³-hybridized carbons (Fsp3) is 0.609. The number of halogens is 3. The highest BCUT2D eigenvalue weighted by Crippen LogP contribution is 2.40. The Kier molecular flexibility index (Phi) is 7.15. The van der Waals surface area contributed by atoms with E-state index < -0.39 is 29.3 Å². The van der Waals surface area contributed by atoms with Crippen molar-refractivity contribution in [1.29, 1.82) is 0 Å². The molecule has 0 radical (unpaired) electrons. The molecule has 1 heterocycles. The molecular weight excluding hydrogens is 425 g/mol. The maximum absolute atomic E-state index is 13.1. The van der Waals surface area contributed by atoms with Gasteiger partial charge in [-0.25, -0.2) is 4.79 Å². The number of alkyl halides is 3. The molecule has 0 saturated carbocycles. The highest BCUT2D eigenvalue weighted by molar-refractivity contribution is 6.00. The Morgan fingerprint density at radius 2 is 1.94 bits per heavy atom. The van der Waals surface area contributed by atoms with Gasteiger partial charge in [-0.15, -0.1) is 0 Å². The lowest BCUT2D eigenvalue weighted by atomic mass is 9.81. The first kappa shape index (κ1) is 24.1. The number of rotatable bonds is 7. The van der Waals surface area contributed by atoms with Crippen molar-refractivity contribution in [3.63, 3.8) is 0 Å². The zero-order valence-corrected chi connectivity index (χ0v) is 18.3. The molecule has 0 bridgehead atoms. The summed E-state index contributed by atoms with van der Waals surface area (Å²) in [5, 5.41) is 12.2. The molecule has 9 heteroatoms. The molecule has 2 atom stereocenters. The van der Waals surface area contributed by atoms with E-state index in [0.717, 1.165) is 43.8 Å². The van der Waals surface area contributed by atoms with E-state index in [-0.39, 0.29) is 25.5 Å². The topological polar surface area (TPSA) is 88.0 Å². The van der Waals surface area contributed by atoms with E-state index in [0.29, 0.717) is 17.8 Å². The second kappa shape index (κ2) is 9.50. The van der Waals surface area contributed by atoms with Crippen LogP contribution in [0.5, 0.6) is 0 Å². The molecule has 3 aliphatic rings. The molecule has 3 rings (SSSR count). The molecule has 176 valence electrons. The van der Waals surface area contributed by atoms with Gasteiger partial charge in [0.15, 0.2) is 0 Å². The van der Waals surface area contributed by atoms with Gasteiger partial charge in [0.05, 0.1) is 12.2 Å². The van der Waals surface area contributed by atoms with Crippen molar-refractivity contribution in [2.24, 2.45) is 10.9 Å². The average Bonchev–Trinajstić information content (AvgIpc) is 2.76. The molecule has 2 aliphatic carbocycles. The second-order valence-corrected chi connectivity index (χ2v) is 8.70. The minimum Gasteiger partial charge on any atom is -0.492 e. The lowest BCUT2D eigenvalue weighted by Crippen LogP contribution is -2.52. The maximum atomic E-state index is 13.1. The standard InChI is InChI=1S/C23H29F3N2O4/c1-3-22(2,21(30)31)28-20(29)17-10-9-15-6-4-5-7-16(15)19(17)32-13-14-8-11-18(27-12-14)23(24,25)26/h8,11,14H,3-7,9-10,12-13H2,1-2H3,(H,28,29)(H,30,31). The van der Waals surface area contributed by atoms with Gasteiger partial charge in [0.1, 0.15) is 17.0 Å². The van der Waals surface area contributed by atoms with E-state index in [1.54, 1.807) is 6.92 Å². The Labute approximate surface area is 185 Å². The molecule has 0 saturated heterocycles. The smallest absolute Gasteiger partial charge is 0.432 e. The zero-order chi connectivity index (χ0) is 23.5. The molecule has 0 spiro atoms. The third kappa shape index (κ3) is 5.24. The summed E-state index contributed by atoms with van der Waals surface area (Å²) in [4.78, 5) is 28.3. The van der Waals surface area contributed by atoms with Crippen LogP contribution in [0.1, 0.15) is 58.8 Å². The zero-order valence-electron chi connectivity index (χ0n) is 18.3. The van der Waals surface area contributed by atoms with Crippen molar-refractivity contribution in [1.82, 2.24) is 5.32 Å². The molecule has 0 aromatic rings. The summed E-state index contributed by atoms with van der Waals surface area (Å²) in [7, 11) is 0. The van der Waals surface area contributed by atoms with E-state index in [1.807, 2.05) is 0 Å². The molecule has 1 aliphatic heterocycles. The summed E-state index contributed by atoms with van der Waals surface area (Å²) in [6.07, 6.45) is 3.05. The van der Waals surface area contributed by atoms with Crippen LogP contribution in [0.2, 0.25) is 0 Å². The number of carbonyl (C=O) groups excluding carboxylic acids is 1. The van der Waals surface area contributed by atoms with Crippen LogP contribution in [-0.4, -0.2) is 47.6 Å². The SMILES string of the molecule is CCC(C)(NC(=O)C1=C(OCC2C=CC(C(F)(F)F)=NC2)C2=C(CCCC2)CC1)C(=O)O. The van der Waals surface area contributed by atoms with Crippen LogP contribution in [0, 0.1) is 5.92 Å². The number of hydrogen-bond acceptors (Lipinski definition) is 4. The second-order valence-electron chi connectivity index (χ2n) is 8.70. The minimum absolute atomic E-state index is 0.0427. The molecular formula is C23H29F3N2O4. The summed E-state index contributed by atoms with van der Waals surface area (Å²) in [6, 6.07) is 0. The number of ether oxygens (including phenoxy) is 1. The molecule has 0 aromatic heterocycles. The Bertz CT molecular complexity index is 901. The molecule has 0 aromatic carbocycles. The van der Waals surface area contributed by atoms with Gasteiger partial charge in [-0.3, -0.25) is 9.79 Å². The number of dihydropyridines is 1. The van der Waals surface area contributed by atoms with E-state index >= 15 is 0 Å². The van der Waals surface area contributed by atoms with E-state index in [4.69, 9.17) is 4.74 Å². The van der Waals surface area contributed by atoms with Gasteiger partial charge in [0.25, 0.3) is 5.91 Å². The summed E-state index contributed by atoms with van der Waals surface area (Å²) in [5.74, 6) is -1.46. The number of nitrogens with one attached hydrogen (secondary N) is 1. The third-order valence-corrected chi connectivity index (χ3v) is 6.40. The van der Waals surface area contributed by atoms with Crippen LogP contribution < -0.4 is 5.32 Å². The Morgan fingerprint density at radius 1 is 1.22 bits per heavy atom. The van der Waals surface area contributed by atoms with Gasteiger partial charge in [-0.2, -0.15) is 13.2 Å². The van der Waals surface area contributed by atoms with E-state index in [9.17, 15) is 27.9 Å². The summed E-state index contributed by atoms with van der Waals surface area (Å²) in [5.41, 5.74) is 0.336. The number of amides is 1. The predicted octanol–water partition coefficient (Wildman–Crippen LogP) is 4.48. The van der Waals surface area contributed by atoms with Gasteiger partial charge in [0, 0.05) is 12.5 Å². The van der Waals surface area contributed by atoms with Crippen LogP contribution >= 0.6 is 0 Å². The number of carboxylic acid groups (broad SMARTS) is 1. The molecule has 2 N–H and O–H groups in total. The van der Waals surface area contributed by atoms with Crippen LogP contribution in [0.15, 0.2) is 39.6 Å². The van der Waals surface area contributed by atoms with E-state index in [2.05, 4.69) is 10.3 Å². The fourth-order valence-electron chi connectivity index (χ4n) is 4.14. The number of hydrogen-bond donors (Lipinski definition) is 2. The number of nitrogens with zero attached hydrogens (tertiary/aromatic N) is 1. The van der Waals surface area contributed by atoms with Crippen molar-refractivity contribution in [2.45, 2.75) is 70.5 Å². The molecule has 0 fully saturated rings. The number of carboxylic acids is 1. The van der Waals surface area contributed by atoms with E-state index in [1.165, 1.54) is 18.6 Å². The predicted molar refractivity (Wildman–Crippen MR) is 113 cm³/mol. The van der Waals surface area contributed by atoms with Crippen LogP contribution in [0.3, 0.4) is 0 Å². The highest BCUT2D eigenvalue weighted by Gasteiger charge is 2.37. The largest absolute Gasteiger partial charge is 0.492 e. The van der Waals surface area contributed by atoms with Gasteiger partial charge >= 0.3 is 12.1 Å². The summed E-state index contributed by atoms with van der Waals surface area (Å²) < 4.78 is 44.4.